The lowest BCUT2D eigenvalue weighted by atomic mass is 10.2. The van der Waals surface area contributed by atoms with Gasteiger partial charge in [0.1, 0.15) is 12.4 Å². The van der Waals surface area contributed by atoms with Crippen molar-refractivity contribution in [3.8, 4) is 5.75 Å². The standard InChI is InChI=1S/C18H15ClO4S/c19-13-6-8-14(9-7-13)22-11-15-10-16(18(21)24-15)23-17(20)12-4-2-1-3-5-12/h1-9,15-16H,10-11H2. The van der Waals surface area contributed by atoms with Crippen molar-refractivity contribution in [1.82, 2.24) is 0 Å². The van der Waals surface area contributed by atoms with Crippen LogP contribution in [0.1, 0.15) is 16.8 Å². The highest BCUT2D eigenvalue weighted by Gasteiger charge is 2.36. The van der Waals surface area contributed by atoms with E-state index in [1.165, 1.54) is 11.8 Å². The Balaban J connectivity index is 1.52. The molecule has 2 unspecified atom stereocenters. The van der Waals surface area contributed by atoms with Gasteiger partial charge in [-0.05, 0) is 36.4 Å². The first-order chi connectivity index (χ1) is 11.6. The van der Waals surface area contributed by atoms with Crippen molar-refractivity contribution in [2.75, 3.05) is 6.61 Å². The monoisotopic (exact) mass is 362 g/mol. The predicted octanol–water partition coefficient (Wildman–Crippen LogP) is 3.98. The highest BCUT2D eigenvalue weighted by molar-refractivity contribution is 8.14. The Bertz CT molecular complexity index is 718. The van der Waals surface area contributed by atoms with E-state index in [0.29, 0.717) is 29.4 Å². The summed E-state index contributed by atoms with van der Waals surface area (Å²) in [5.41, 5.74) is 0.441. The normalized spacial score (nSPS) is 20.0. The average Bonchev–Trinajstić information content (AvgIpc) is 2.95. The minimum Gasteiger partial charge on any atom is -0.492 e. The molecular formula is C18H15ClO4S. The van der Waals surface area contributed by atoms with Crippen LogP contribution in [-0.4, -0.2) is 29.0 Å². The van der Waals surface area contributed by atoms with Crippen LogP contribution in [0.25, 0.3) is 0 Å². The third-order valence-corrected chi connectivity index (χ3v) is 4.94. The largest absolute Gasteiger partial charge is 0.492 e. The maximum absolute atomic E-state index is 12.0. The zero-order valence-corrected chi connectivity index (χ0v) is 14.3. The molecule has 0 radical (unpaired) electrons. The van der Waals surface area contributed by atoms with E-state index in [1.807, 2.05) is 6.07 Å². The molecule has 0 bridgehead atoms. The molecule has 0 amide bonds. The Hall–Kier alpha value is -1.98. The third-order valence-electron chi connectivity index (χ3n) is 3.53. The molecular weight excluding hydrogens is 348 g/mol. The first-order valence-electron chi connectivity index (χ1n) is 7.47. The number of hydrogen-bond acceptors (Lipinski definition) is 5. The summed E-state index contributed by atoms with van der Waals surface area (Å²) in [6.07, 6.45) is -0.267. The minimum absolute atomic E-state index is 0.0400. The first kappa shape index (κ1) is 16.9. The number of benzene rings is 2. The summed E-state index contributed by atoms with van der Waals surface area (Å²) in [5, 5.41) is 0.464. The lowest BCUT2D eigenvalue weighted by Crippen LogP contribution is -2.22. The first-order valence-corrected chi connectivity index (χ1v) is 8.72. The quantitative estimate of drug-likeness (QED) is 0.753. The molecule has 0 aliphatic carbocycles. The van der Waals surface area contributed by atoms with Gasteiger partial charge < -0.3 is 9.47 Å². The summed E-state index contributed by atoms with van der Waals surface area (Å²) >= 11 is 6.99. The van der Waals surface area contributed by atoms with Crippen LogP contribution in [0.3, 0.4) is 0 Å². The fourth-order valence-corrected chi connectivity index (χ4v) is 3.47. The van der Waals surface area contributed by atoms with Crippen molar-refractivity contribution in [3.63, 3.8) is 0 Å². The van der Waals surface area contributed by atoms with Crippen LogP contribution in [0.2, 0.25) is 5.02 Å². The van der Waals surface area contributed by atoms with E-state index in [2.05, 4.69) is 0 Å². The number of hydrogen-bond donors (Lipinski definition) is 0. The molecule has 24 heavy (non-hydrogen) atoms. The van der Waals surface area contributed by atoms with Gasteiger partial charge in [0.2, 0.25) is 5.12 Å². The predicted molar refractivity (Wildman–Crippen MR) is 93.6 cm³/mol. The van der Waals surface area contributed by atoms with E-state index < -0.39 is 12.1 Å². The van der Waals surface area contributed by atoms with Crippen LogP contribution in [-0.2, 0) is 9.53 Å². The number of carbonyl (C=O) groups excluding carboxylic acids is 2. The Morgan fingerprint density at radius 2 is 1.83 bits per heavy atom. The molecule has 4 nitrogen and oxygen atoms in total. The number of rotatable bonds is 5. The van der Waals surface area contributed by atoms with Crippen molar-refractivity contribution in [1.29, 1.82) is 0 Å². The minimum atomic E-state index is -0.721. The van der Waals surface area contributed by atoms with Gasteiger partial charge in [-0.25, -0.2) is 4.79 Å². The third kappa shape index (κ3) is 4.30. The second-order valence-corrected chi connectivity index (χ2v) is 7.06. The number of carbonyl (C=O) groups is 2. The fourth-order valence-electron chi connectivity index (χ4n) is 2.31. The summed E-state index contributed by atoms with van der Waals surface area (Å²) in [5.74, 6) is 0.214. The molecule has 1 fully saturated rings. The highest BCUT2D eigenvalue weighted by atomic mass is 35.5. The smallest absolute Gasteiger partial charge is 0.338 e. The molecule has 0 N–H and O–H groups in total. The number of esters is 1. The molecule has 2 atom stereocenters. The Kier molecular flexibility index (Phi) is 5.43. The summed E-state index contributed by atoms with van der Waals surface area (Å²) in [7, 11) is 0. The molecule has 1 heterocycles. The van der Waals surface area contributed by atoms with Crippen molar-refractivity contribution in [2.45, 2.75) is 17.8 Å². The van der Waals surface area contributed by atoms with Gasteiger partial charge in [0.25, 0.3) is 0 Å². The molecule has 1 aliphatic heterocycles. The van der Waals surface area contributed by atoms with Crippen LogP contribution in [0, 0.1) is 0 Å². The zero-order valence-electron chi connectivity index (χ0n) is 12.7. The van der Waals surface area contributed by atoms with Gasteiger partial charge in [-0.1, -0.05) is 41.6 Å². The van der Waals surface area contributed by atoms with Gasteiger partial charge in [-0.3, -0.25) is 4.79 Å². The van der Waals surface area contributed by atoms with Crippen molar-refractivity contribution in [2.24, 2.45) is 0 Å². The van der Waals surface area contributed by atoms with Crippen LogP contribution >= 0.6 is 23.4 Å². The lowest BCUT2D eigenvalue weighted by molar-refractivity contribution is -0.118. The van der Waals surface area contributed by atoms with Crippen LogP contribution in [0.5, 0.6) is 5.75 Å². The molecule has 0 aromatic heterocycles. The maximum Gasteiger partial charge on any atom is 0.338 e. The van der Waals surface area contributed by atoms with Crippen molar-refractivity contribution < 1.29 is 19.1 Å². The second-order valence-electron chi connectivity index (χ2n) is 5.32. The molecule has 2 aromatic carbocycles. The van der Waals surface area contributed by atoms with E-state index in [0.717, 1.165) is 0 Å². The summed E-state index contributed by atoms with van der Waals surface area (Å²) in [6, 6.07) is 15.7. The molecule has 0 saturated carbocycles. The molecule has 2 aromatic rings. The Morgan fingerprint density at radius 3 is 2.54 bits per heavy atom. The van der Waals surface area contributed by atoms with E-state index >= 15 is 0 Å². The zero-order chi connectivity index (χ0) is 16.9. The van der Waals surface area contributed by atoms with Gasteiger partial charge in [0.15, 0.2) is 6.10 Å². The van der Waals surface area contributed by atoms with Gasteiger partial charge >= 0.3 is 5.97 Å². The van der Waals surface area contributed by atoms with Gasteiger partial charge in [-0.15, -0.1) is 0 Å². The molecule has 124 valence electrons. The molecule has 3 rings (SSSR count). The lowest BCUT2D eigenvalue weighted by Gasteiger charge is -2.12. The maximum atomic E-state index is 12.0. The van der Waals surface area contributed by atoms with Crippen LogP contribution in [0.4, 0.5) is 0 Å². The van der Waals surface area contributed by atoms with E-state index in [-0.39, 0.29) is 10.4 Å². The molecule has 1 saturated heterocycles. The highest BCUT2D eigenvalue weighted by Crippen LogP contribution is 2.31. The van der Waals surface area contributed by atoms with Crippen LogP contribution in [0.15, 0.2) is 54.6 Å². The number of thioether (sulfide) groups is 1. The number of ether oxygens (including phenoxy) is 2. The van der Waals surface area contributed by atoms with Gasteiger partial charge in [-0.2, -0.15) is 0 Å². The topological polar surface area (TPSA) is 52.6 Å². The van der Waals surface area contributed by atoms with E-state index in [1.54, 1.807) is 48.5 Å². The van der Waals surface area contributed by atoms with E-state index in [9.17, 15) is 9.59 Å². The summed E-state index contributed by atoms with van der Waals surface area (Å²) in [4.78, 5) is 24.1. The summed E-state index contributed by atoms with van der Waals surface area (Å²) < 4.78 is 11.0. The SMILES string of the molecule is O=C(OC1CC(COc2ccc(Cl)cc2)SC1=O)c1ccccc1. The second kappa shape index (κ2) is 7.73. The van der Waals surface area contributed by atoms with Gasteiger partial charge in [0.05, 0.1) is 10.8 Å². The van der Waals surface area contributed by atoms with Crippen molar-refractivity contribution >= 4 is 34.4 Å². The van der Waals surface area contributed by atoms with Gasteiger partial charge in [0, 0.05) is 11.4 Å². The average molecular weight is 363 g/mol. The van der Waals surface area contributed by atoms with Crippen molar-refractivity contribution in [3.05, 3.63) is 65.2 Å². The molecule has 6 heteroatoms. The Labute approximate surface area is 149 Å². The molecule has 1 aliphatic rings. The Morgan fingerprint density at radius 1 is 1.12 bits per heavy atom. The van der Waals surface area contributed by atoms with Crippen LogP contribution < -0.4 is 4.74 Å². The summed E-state index contributed by atoms with van der Waals surface area (Å²) in [6.45, 7) is 0.372. The fraction of sp³-hybridized carbons (Fsp3) is 0.222. The molecule has 0 spiro atoms. The van der Waals surface area contributed by atoms with E-state index in [4.69, 9.17) is 21.1 Å². The number of halogens is 1.